The highest BCUT2D eigenvalue weighted by Gasteiger charge is 2.38. The monoisotopic (exact) mass is 489 g/mol. The minimum absolute atomic E-state index is 0.147. The van der Waals surface area contributed by atoms with Crippen LogP contribution in [-0.4, -0.2) is 66.2 Å². The molecule has 1 aliphatic heterocycles. The number of anilines is 1. The Labute approximate surface area is 196 Å². The van der Waals surface area contributed by atoms with Crippen LogP contribution >= 0.6 is 0 Å². The molecule has 0 amide bonds. The Balaban J connectivity index is 0.000000364. The first-order valence-electron chi connectivity index (χ1n) is 10.5. The predicted octanol–water partition coefficient (Wildman–Crippen LogP) is 2.76. The van der Waals surface area contributed by atoms with Crippen molar-refractivity contribution in [3.63, 3.8) is 0 Å². The second-order valence-electron chi connectivity index (χ2n) is 8.24. The van der Waals surface area contributed by atoms with Gasteiger partial charge in [-0.3, -0.25) is 4.68 Å². The molecule has 13 heteroatoms. The minimum Gasteiger partial charge on any atom is -0.507 e. The van der Waals surface area contributed by atoms with Gasteiger partial charge in [-0.15, -0.1) is 0 Å². The number of nitrogens with zero attached hydrogens (tertiary/aromatic N) is 6. The molecule has 35 heavy (non-hydrogen) atoms. The number of carbonyl (C=O) groups is 1. The van der Waals surface area contributed by atoms with E-state index in [2.05, 4.69) is 25.0 Å². The zero-order valence-corrected chi connectivity index (χ0v) is 18.8. The second kappa shape index (κ2) is 8.98. The maximum atomic E-state index is 10.7. The SMILES string of the molecule is Cc1c(O)c(-c2ncc3cc(N4CC[C@H](N)C4)cnc3n2)cc2cn(C)nc12.O=C(O)C(F)(F)F. The van der Waals surface area contributed by atoms with Crippen molar-refractivity contribution in [3.8, 4) is 17.1 Å². The zero-order chi connectivity index (χ0) is 25.5. The number of phenolic OH excluding ortho intramolecular Hbond substituents is 1. The van der Waals surface area contributed by atoms with E-state index in [-0.39, 0.29) is 11.8 Å². The number of alkyl halides is 3. The number of phenols is 1. The first-order valence-corrected chi connectivity index (χ1v) is 10.5. The molecule has 4 aromatic rings. The molecule has 5 rings (SSSR count). The van der Waals surface area contributed by atoms with Gasteiger partial charge in [-0.05, 0) is 25.5 Å². The van der Waals surface area contributed by atoms with Crippen molar-refractivity contribution in [2.45, 2.75) is 25.6 Å². The van der Waals surface area contributed by atoms with E-state index < -0.39 is 12.1 Å². The van der Waals surface area contributed by atoms with Crippen LogP contribution in [0.4, 0.5) is 18.9 Å². The number of aromatic nitrogens is 5. The van der Waals surface area contributed by atoms with Gasteiger partial charge >= 0.3 is 12.1 Å². The molecule has 0 radical (unpaired) electrons. The predicted molar refractivity (Wildman–Crippen MR) is 122 cm³/mol. The Morgan fingerprint density at radius 3 is 2.54 bits per heavy atom. The van der Waals surface area contributed by atoms with E-state index in [0.717, 1.165) is 41.5 Å². The first-order chi connectivity index (χ1) is 16.4. The second-order valence-corrected chi connectivity index (χ2v) is 8.24. The highest BCUT2D eigenvalue weighted by atomic mass is 19.4. The van der Waals surface area contributed by atoms with Gasteiger partial charge in [0.1, 0.15) is 5.75 Å². The summed E-state index contributed by atoms with van der Waals surface area (Å²) in [4.78, 5) is 24.7. The highest BCUT2D eigenvalue weighted by Crippen LogP contribution is 2.35. The number of halogens is 3. The van der Waals surface area contributed by atoms with E-state index in [9.17, 15) is 18.3 Å². The van der Waals surface area contributed by atoms with Crippen LogP contribution in [0, 0.1) is 6.92 Å². The number of hydrogen-bond donors (Lipinski definition) is 3. The number of rotatable bonds is 2. The number of aryl methyl sites for hydroxylation is 2. The Morgan fingerprint density at radius 2 is 1.91 bits per heavy atom. The lowest BCUT2D eigenvalue weighted by molar-refractivity contribution is -0.192. The summed E-state index contributed by atoms with van der Waals surface area (Å²) in [5.74, 6) is -2.16. The van der Waals surface area contributed by atoms with Crippen molar-refractivity contribution in [1.29, 1.82) is 0 Å². The maximum Gasteiger partial charge on any atom is 0.490 e. The average molecular weight is 489 g/mol. The summed E-state index contributed by atoms with van der Waals surface area (Å²) in [6.45, 7) is 3.62. The van der Waals surface area contributed by atoms with Gasteiger partial charge in [0.05, 0.1) is 23.0 Å². The smallest absolute Gasteiger partial charge is 0.490 e. The molecule has 0 bridgehead atoms. The van der Waals surface area contributed by atoms with Crippen LogP contribution in [0.1, 0.15) is 12.0 Å². The number of pyridine rings is 1. The standard InChI is InChI=1S/C20H21N7O.C2HF3O2/c1-11-17-13(9-26(2)25-17)6-16(18(11)28)20-22-7-12-5-15(8-23-19(12)24-20)27-4-3-14(21)10-27;3-2(4,5)1(6)7/h5-9,14,28H,3-4,10,21H2,1-2H3;(H,6,7)/t14-;/m0./s1. The lowest BCUT2D eigenvalue weighted by atomic mass is 10.1. The lowest BCUT2D eigenvalue weighted by Gasteiger charge is -2.17. The average Bonchev–Trinajstić information content (AvgIpc) is 3.40. The summed E-state index contributed by atoms with van der Waals surface area (Å²) >= 11 is 0. The van der Waals surface area contributed by atoms with E-state index >= 15 is 0 Å². The Morgan fingerprint density at radius 1 is 1.20 bits per heavy atom. The van der Waals surface area contributed by atoms with E-state index in [1.807, 2.05) is 38.5 Å². The number of benzene rings is 1. The van der Waals surface area contributed by atoms with Gasteiger partial charge in [0.2, 0.25) is 0 Å². The van der Waals surface area contributed by atoms with Gasteiger partial charge in [-0.25, -0.2) is 19.7 Å². The van der Waals surface area contributed by atoms with Crippen LogP contribution in [0.2, 0.25) is 0 Å². The van der Waals surface area contributed by atoms with Gasteiger partial charge in [-0.1, -0.05) is 0 Å². The van der Waals surface area contributed by atoms with E-state index in [0.29, 0.717) is 22.6 Å². The molecule has 0 unspecified atom stereocenters. The molecule has 184 valence electrons. The third kappa shape index (κ3) is 4.94. The van der Waals surface area contributed by atoms with Crippen molar-refractivity contribution >= 4 is 33.6 Å². The largest absolute Gasteiger partial charge is 0.507 e. The number of aliphatic carboxylic acids is 1. The molecule has 1 atom stereocenters. The molecule has 0 spiro atoms. The number of aromatic hydroxyl groups is 1. The fourth-order valence-electron chi connectivity index (χ4n) is 3.85. The van der Waals surface area contributed by atoms with Gasteiger partial charge in [0, 0.05) is 54.9 Å². The Kier molecular flexibility index (Phi) is 6.19. The van der Waals surface area contributed by atoms with Crippen molar-refractivity contribution in [2.24, 2.45) is 12.8 Å². The molecule has 10 nitrogen and oxygen atoms in total. The third-order valence-corrected chi connectivity index (χ3v) is 5.61. The fraction of sp³-hybridized carbons (Fsp3) is 0.318. The summed E-state index contributed by atoms with van der Waals surface area (Å²) in [7, 11) is 1.86. The van der Waals surface area contributed by atoms with Crippen molar-refractivity contribution in [3.05, 3.63) is 36.3 Å². The van der Waals surface area contributed by atoms with Crippen molar-refractivity contribution in [1.82, 2.24) is 24.7 Å². The Bertz CT molecular complexity index is 1420. The minimum atomic E-state index is -5.08. The van der Waals surface area contributed by atoms with Gasteiger partial charge in [0.15, 0.2) is 11.5 Å². The number of carboxylic acids is 1. The highest BCUT2D eigenvalue weighted by molar-refractivity contribution is 5.90. The number of carboxylic acid groups (broad SMARTS) is 1. The first kappa shape index (κ1) is 24.1. The summed E-state index contributed by atoms with van der Waals surface area (Å²) in [5, 5.41) is 24.0. The summed E-state index contributed by atoms with van der Waals surface area (Å²) in [6, 6.07) is 4.12. The van der Waals surface area contributed by atoms with Crippen LogP contribution < -0.4 is 10.6 Å². The fourth-order valence-corrected chi connectivity index (χ4v) is 3.85. The van der Waals surface area contributed by atoms with Gasteiger partial charge < -0.3 is 20.8 Å². The van der Waals surface area contributed by atoms with E-state index in [4.69, 9.17) is 15.6 Å². The topological polar surface area (TPSA) is 143 Å². The van der Waals surface area contributed by atoms with Gasteiger partial charge in [0.25, 0.3) is 0 Å². The maximum absolute atomic E-state index is 10.7. The molecule has 1 saturated heterocycles. The molecule has 0 aliphatic carbocycles. The number of hydrogen-bond acceptors (Lipinski definition) is 8. The van der Waals surface area contributed by atoms with E-state index in [1.165, 1.54) is 0 Å². The molecule has 4 heterocycles. The number of fused-ring (bicyclic) bond motifs is 2. The molecule has 1 aromatic carbocycles. The third-order valence-electron chi connectivity index (χ3n) is 5.61. The number of nitrogens with two attached hydrogens (primary N) is 1. The van der Waals surface area contributed by atoms with Gasteiger partial charge in [-0.2, -0.15) is 18.3 Å². The molecule has 3 aromatic heterocycles. The van der Waals surface area contributed by atoms with Crippen LogP contribution in [0.3, 0.4) is 0 Å². The summed E-state index contributed by atoms with van der Waals surface area (Å²) in [5.41, 5.74) is 9.71. The molecular formula is C22H22F3N7O3. The van der Waals surface area contributed by atoms with Crippen LogP contribution in [0.25, 0.3) is 33.3 Å². The molecular weight excluding hydrogens is 467 g/mol. The summed E-state index contributed by atoms with van der Waals surface area (Å²) < 4.78 is 33.5. The Hall–Kier alpha value is -4.00. The normalized spacial score (nSPS) is 15.9. The molecule has 1 aliphatic rings. The van der Waals surface area contributed by atoms with Crippen LogP contribution in [-0.2, 0) is 11.8 Å². The quantitative estimate of drug-likeness (QED) is 0.387. The molecule has 0 saturated carbocycles. The summed E-state index contributed by atoms with van der Waals surface area (Å²) in [6.07, 6.45) is 1.40. The van der Waals surface area contributed by atoms with E-state index in [1.54, 1.807) is 10.9 Å². The lowest BCUT2D eigenvalue weighted by Crippen LogP contribution is -2.26. The van der Waals surface area contributed by atoms with Crippen molar-refractivity contribution in [2.75, 3.05) is 18.0 Å². The molecule has 4 N–H and O–H groups in total. The van der Waals surface area contributed by atoms with Crippen LogP contribution in [0.15, 0.2) is 30.7 Å². The zero-order valence-electron chi connectivity index (χ0n) is 18.8. The van der Waals surface area contributed by atoms with Crippen molar-refractivity contribution < 1.29 is 28.2 Å². The van der Waals surface area contributed by atoms with Crippen LogP contribution in [0.5, 0.6) is 5.75 Å². The molecule has 1 fully saturated rings.